The van der Waals surface area contributed by atoms with E-state index in [1.54, 1.807) is 0 Å². The van der Waals surface area contributed by atoms with Gasteiger partial charge in [-0.3, -0.25) is 9.59 Å². The summed E-state index contributed by atoms with van der Waals surface area (Å²) < 4.78 is 4.34. The summed E-state index contributed by atoms with van der Waals surface area (Å²) >= 11 is 0. The van der Waals surface area contributed by atoms with Crippen LogP contribution in [0.1, 0.15) is 6.42 Å². The fourth-order valence-electron chi connectivity index (χ4n) is 0.478. The van der Waals surface area contributed by atoms with Crippen molar-refractivity contribution in [1.29, 1.82) is 0 Å². The molecule has 0 unspecified atom stereocenters. The average Bonchev–Trinajstić information content (AvgIpc) is 2.04. The Bertz CT molecular complexity index is 131. The first-order valence-electron chi connectivity index (χ1n) is 3.24. The van der Waals surface area contributed by atoms with Crippen LogP contribution in [0.25, 0.3) is 0 Å². The van der Waals surface area contributed by atoms with Crippen molar-refractivity contribution in [2.75, 3.05) is 20.2 Å². The lowest BCUT2D eigenvalue weighted by Crippen LogP contribution is -2.31. The van der Waals surface area contributed by atoms with Crippen LogP contribution >= 0.6 is 0 Å². The van der Waals surface area contributed by atoms with E-state index < -0.39 is 0 Å². The summed E-state index contributed by atoms with van der Waals surface area (Å²) in [4.78, 5) is 21.0. The number of rotatable bonds is 4. The van der Waals surface area contributed by atoms with Gasteiger partial charge in [0.1, 0.15) is 0 Å². The zero-order valence-corrected chi connectivity index (χ0v) is 6.42. The molecule has 0 aliphatic rings. The molecule has 0 aromatic heterocycles. The van der Waals surface area contributed by atoms with Crippen molar-refractivity contribution < 1.29 is 14.3 Å². The van der Waals surface area contributed by atoms with Crippen LogP contribution in [0.15, 0.2) is 0 Å². The third-order valence-corrected chi connectivity index (χ3v) is 1.06. The van der Waals surface area contributed by atoms with E-state index in [0.717, 1.165) is 0 Å². The van der Waals surface area contributed by atoms with Gasteiger partial charge in [-0.1, -0.05) is 0 Å². The van der Waals surface area contributed by atoms with Gasteiger partial charge in [0.05, 0.1) is 20.1 Å². The maximum atomic E-state index is 10.5. The van der Waals surface area contributed by atoms with Gasteiger partial charge in [-0.15, -0.1) is 0 Å². The van der Waals surface area contributed by atoms with E-state index in [1.165, 1.54) is 7.11 Å². The summed E-state index contributed by atoms with van der Waals surface area (Å²) in [5.41, 5.74) is 4.99. The molecule has 5 nitrogen and oxygen atoms in total. The second-order valence-electron chi connectivity index (χ2n) is 1.88. The standard InChI is InChI=1S/C6H12N2O3/c1-11-6(10)2-3-8-5(9)4-7/h2-4,7H2,1H3,(H,8,9). The lowest BCUT2D eigenvalue weighted by atomic mass is 10.4. The van der Waals surface area contributed by atoms with Gasteiger partial charge in [-0.25, -0.2) is 0 Å². The second-order valence-corrected chi connectivity index (χ2v) is 1.88. The Kier molecular flexibility index (Phi) is 5.10. The normalized spacial score (nSPS) is 8.91. The minimum absolute atomic E-state index is 0.0544. The first kappa shape index (κ1) is 9.90. The predicted molar refractivity (Wildman–Crippen MR) is 38.7 cm³/mol. The molecule has 0 saturated carbocycles. The molecule has 0 saturated heterocycles. The second kappa shape index (κ2) is 5.67. The molecule has 0 atom stereocenters. The van der Waals surface area contributed by atoms with Gasteiger partial charge in [0, 0.05) is 6.54 Å². The highest BCUT2D eigenvalue weighted by atomic mass is 16.5. The number of hydrogen-bond donors (Lipinski definition) is 2. The SMILES string of the molecule is COC(=O)CCNC(=O)CN. The molecule has 0 aromatic carbocycles. The van der Waals surface area contributed by atoms with Crippen LogP contribution in [0.2, 0.25) is 0 Å². The van der Waals surface area contributed by atoms with Gasteiger partial charge < -0.3 is 15.8 Å². The van der Waals surface area contributed by atoms with Crippen LogP contribution < -0.4 is 11.1 Å². The maximum absolute atomic E-state index is 10.5. The molecule has 0 radical (unpaired) electrons. The van der Waals surface area contributed by atoms with Gasteiger partial charge in [0.15, 0.2) is 0 Å². The largest absolute Gasteiger partial charge is 0.469 e. The molecule has 0 spiro atoms. The number of esters is 1. The van der Waals surface area contributed by atoms with Crippen LogP contribution in [-0.2, 0) is 14.3 Å². The minimum Gasteiger partial charge on any atom is -0.469 e. The zero-order valence-electron chi connectivity index (χ0n) is 6.42. The lowest BCUT2D eigenvalue weighted by Gasteiger charge is -2.00. The van der Waals surface area contributed by atoms with E-state index >= 15 is 0 Å². The highest BCUT2D eigenvalue weighted by Gasteiger charge is 2.00. The Morgan fingerprint density at radius 3 is 2.64 bits per heavy atom. The fourth-order valence-corrected chi connectivity index (χ4v) is 0.478. The molecular weight excluding hydrogens is 148 g/mol. The van der Waals surface area contributed by atoms with E-state index in [1.807, 2.05) is 0 Å². The summed E-state index contributed by atoms with van der Waals surface area (Å²) in [6, 6.07) is 0. The molecule has 0 bridgehead atoms. The molecular formula is C6H12N2O3. The van der Waals surface area contributed by atoms with Crippen LogP contribution in [0.5, 0.6) is 0 Å². The summed E-state index contributed by atoms with van der Waals surface area (Å²) in [7, 11) is 1.30. The molecule has 5 heteroatoms. The summed E-state index contributed by atoms with van der Waals surface area (Å²) in [6.07, 6.45) is 0.183. The number of amides is 1. The zero-order chi connectivity index (χ0) is 8.69. The topological polar surface area (TPSA) is 81.4 Å². The van der Waals surface area contributed by atoms with E-state index in [0.29, 0.717) is 0 Å². The molecule has 11 heavy (non-hydrogen) atoms. The number of nitrogens with two attached hydrogens (primary N) is 1. The molecule has 0 heterocycles. The van der Waals surface area contributed by atoms with Crippen LogP contribution in [0.3, 0.4) is 0 Å². The van der Waals surface area contributed by atoms with Crippen molar-refractivity contribution in [2.45, 2.75) is 6.42 Å². The molecule has 1 amide bonds. The van der Waals surface area contributed by atoms with E-state index in [-0.39, 0.29) is 31.4 Å². The van der Waals surface area contributed by atoms with Gasteiger partial charge in [-0.2, -0.15) is 0 Å². The lowest BCUT2D eigenvalue weighted by molar-refractivity contribution is -0.140. The van der Waals surface area contributed by atoms with Crippen molar-refractivity contribution in [3.05, 3.63) is 0 Å². The van der Waals surface area contributed by atoms with Crippen molar-refractivity contribution in [1.82, 2.24) is 5.32 Å². The Morgan fingerprint density at radius 1 is 1.55 bits per heavy atom. The number of hydrogen-bond acceptors (Lipinski definition) is 4. The van der Waals surface area contributed by atoms with Crippen LogP contribution in [0, 0.1) is 0 Å². The summed E-state index contributed by atoms with van der Waals surface area (Å²) in [6.45, 7) is 0.226. The third kappa shape index (κ3) is 5.35. The summed E-state index contributed by atoms with van der Waals surface area (Å²) in [5, 5.41) is 2.43. The highest BCUT2D eigenvalue weighted by Crippen LogP contribution is 1.80. The predicted octanol–water partition coefficient (Wildman–Crippen LogP) is -1.38. The first-order valence-corrected chi connectivity index (χ1v) is 3.24. The number of carbonyl (C=O) groups is 2. The van der Waals surface area contributed by atoms with Gasteiger partial charge in [0.2, 0.25) is 5.91 Å². The minimum atomic E-state index is -0.345. The number of methoxy groups -OCH3 is 1. The Labute approximate surface area is 64.9 Å². The monoisotopic (exact) mass is 160 g/mol. The molecule has 0 aliphatic heterocycles. The Morgan fingerprint density at radius 2 is 2.18 bits per heavy atom. The van der Waals surface area contributed by atoms with Gasteiger partial charge in [0.25, 0.3) is 0 Å². The molecule has 3 N–H and O–H groups in total. The average molecular weight is 160 g/mol. The quantitative estimate of drug-likeness (QED) is 0.497. The van der Waals surface area contributed by atoms with Gasteiger partial charge in [-0.05, 0) is 0 Å². The van der Waals surface area contributed by atoms with Crippen molar-refractivity contribution in [3.63, 3.8) is 0 Å². The third-order valence-electron chi connectivity index (χ3n) is 1.06. The number of ether oxygens (including phenoxy) is 1. The van der Waals surface area contributed by atoms with Crippen LogP contribution in [0.4, 0.5) is 0 Å². The maximum Gasteiger partial charge on any atom is 0.307 e. The number of nitrogens with one attached hydrogen (secondary N) is 1. The van der Waals surface area contributed by atoms with Crippen LogP contribution in [-0.4, -0.2) is 32.1 Å². The first-order chi connectivity index (χ1) is 5.20. The molecule has 64 valence electrons. The molecule has 0 aliphatic carbocycles. The Balaban J connectivity index is 3.27. The van der Waals surface area contributed by atoms with E-state index in [2.05, 4.69) is 10.1 Å². The molecule has 0 rings (SSSR count). The van der Waals surface area contributed by atoms with Crippen molar-refractivity contribution in [3.8, 4) is 0 Å². The fraction of sp³-hybridized carbons (Fsp3) is 0.667. The van der Waals surface area contributed by atoms with E-state index in [9.17, 15) is 9.59 Å². The van der Waals surface area contributed by atoms with Crippen molar-refractivity contribution >= 4 is 11.9 Å². The Hall–Kier alpha value is -1.10. The number of carbonyl (C=O) groups excluding carboxylic acids is 2. The summed E-state index contributed by atoms with van der Waals surface area (Å²) in [5.74, 6) is -0.615. The highest BCUT2D eigenvalue weighted by molar-refractivity contribution is 5.78. The molecule has 0 fully saturated rings. The smallest absolute Gasteiger partial charge is 0.307 e. The molecule has 0 aromatic rings. The van der Waals surface area contributed by atoms with E-state index in [4.69, 9.17) is 5.73 Å². The van der Waals surface area contributed by atoms with Gasteiger partial charge >= 0.3 is 5.97 Å². The van der Waals surface area contributed by atoms with Crippen molar-refractivity contribution in [2.24, 2.45) is 5.73 Å².